The summed E-state index contributed by atoms with van der Waals surface area (Å²) in [6.07, 6.45) is 5.27. The molecule has 2 aliphatic rings. The van der Waals surface area contributed by atoms with Crippen molar-refractivity contribution in [3.05, 3.63) is 42.5 Å². The molecule has 2 saturated heterocycles. The molecule has 1 unspecified atom stereocenters. The number of hydrogen-bond donors (Lipinski definition) is 1. The first-order valence-corrected chi connectivity index (χ1v) is 9.09. The zero-order valence-electron chi connectivity index (χ0n) is 14.4. The summed E-state index contributed by atoms with van der Waals surface area (Å²) in [4.78, 5) is 13.4. The Labute approximate surface area is 147 Å². The van der Waals surface area contributed by atoms with E-state index >= 15 is 0 Å². The lowest BCUT2D eigenvalue weighted by Crippen LogP contribution is -2.23. The Kier molecular flexibility index (Phi) is 4.68. The lowest BCUT2D eigenvalue weighted by molar-refractivity contribution is 0.620. The number of anilines is 3. The van der Waals surface area contributed by atoms with E-state index in [2.05, 4.69) is 31.2 Å². The van der Waals surface area contributed by atoms with Crippen LogP contribution in [0, 0.1) is 11.7 Å². The van der Waals surface area contributed by atoms with Crippen LogP contribution in [0.5, 0.6) is 0 Å². The van der Waals surface area contributed by atoms with Crippen LogP contribution in [0.4, 0.5) is 21.7 Å². The van der Waals surface area contributed by atoms with Crippen LogP contribution in [0.3, 0.4) is 0 Å². The van der Waals surface area contributed by atoms with Gasteiger partial charge in [0.15, 0.2) is 0 Å². The molecule has 1 aromatic heterocycles. The van der Waals surface area contributed by atoms with Crippen molar-refractivity contribution in [1.82, 2.24) is 9.97 Å². The molecular formula is C19H24FN5. The number of halogens is 1. The minimum absolute atomic E-state index is 0.182. The van der Waals surface area contributed by atoms with Crippen molar-refractivity contribution < 1.29 is 4.39 Å². The first-order valence-electron chi connectivity index (χ1n) is 9.09. The average Bonchev–Trinajstić information content (AvgIpc) is 3.33. The Hall–Kier alpha value is -2.37. The normalized spacial score (nSPS) is 20.3. The molecule has 0 amide bonds. The number of nitrogens with one attached hydrogen (secondary N) is 1. The maximum Gasteiger partial charge on any atom is 0.134 e. The highest BCUT2D eigenvalue weighted by Gasteiger charge is 2.23. The molecule has 0 saturated carbocycles. The SMILES string of the molecule is Fc1ccc(N2CCC(CNc3cc(N4CCCC4)ncn3)C2)cc1. The van der Waals surface area contributed by atoms with Gasteiger partial charge in [-0.3, -0.25) is 0 Å². The zero-order valence-corrected chi connectivity index (χ0v) is 14.4. The molecule has 2 aromatic rings. The maximum absolute atomic E-state index is 13.1. The van der Waals surface area contributed by atoms with Crippen LogP contribution in [0.15, 0.2) is 36.7 Å². The fourth-order valence-corrected chi connectivity index (χ4v) is 3.70. The monoisotopic (exact) mass is 341 g/mol. The highest BCUT2D eigenvalue weighted by Crippen LogP contribution is 2.25. The molecule has 1 atom stereocenters. The summed E-state index contributed by atoms with van der Waals surface area (Å²) in [5, 5.41) is 3.47. The number of benzene rings is 1. The molecule has 2 aliphatic heterocycles. The molecule has 132 valence electrons. The van der Waals surface area contributed by atoms with Gasteiger partial charge in [-0.1, -0.05) is 0 Å². The molecule has 4 rings (SSSR count). The van der Waals surface area contributed by atoms with Crippen LogP contribution in [-0.2, 0) is 0 Å². The predicted molar refractivity (Wildman–Crippen MR) is 98.7 cm³/mol. The molecular weight excluding hydrogens is 317 g/mol. The number of aromatic nitrogens is 2. The molecule has 0 spiro atoms. The standard InChI is InChI=1S/C19H24FN5/c20-16-3-5-17(6-4-16)25-10-7-15(13-25)12-21-18-11-19(23-14-22-18)24-8-1-2-9-24/h3-6,11,14-15H,1-2,7-10,12-13H2,(H,21,22,23). The van der Waals surface area contributed by atoms with Gasteiger partial charge in [0.1, 0.15) is 23.8 Å². The first kappa shape index (κ1) is 16.1. The van der Waals surface area contributed by atoms with Gasteiger partial charge in [-0.15, -0.1) is 0 Å². The third-order valence-corrected chi connectivity index (χ3v) is 5.13. The molecule has 1 aromatic carbocycles. The molecule has 6 heteroatoms. The Morgan fingerprint density at radius 2 is 1.84 bits per heavy atom. The van der Waals surface area contributed by atoms with E-state index in [4.69, 9.17) is 0 Å². The lowest BCUT2D eigenvalue weighted by Gasteiger charge is -2.19. The van der Waals surface area contributed by atoms with E-state index in [9.17, 15) is 4.39 Å². The Morgan fingerprint density at radius 1 is 1.04 bits per heavy atom. The molecule has 0 aliphatic carbocycles. The van der Waals surface area contributed by atoms with E-state index < -0.39 is 0 Å². The second-order valence-electron chi connectivity index (χ2n) is 6.91. The molecule has 3 heterocycles. The predicted octanol–water partition coefficient (Wildman–Crippen LogP) is 3.15. The van der Waals surface area contributed by atoms with Crippen LogP contribution in [0.2, 0.25) is 0 Å². The van der Waals surface area contributed by atoms with Gasteiger partial charge in [-0.05, 0) is 49.4 Å². The van der Waals surface area contributed by atoms with E-state index in [0.29, 0.717) is 5.92 Å². The average molecular weight is 341 g/mol. The number of nitrogens with zero attached hydrogens (tertiary/aromatic N) is 4. The van der Waals surface area contributed by atoms with Gasteiger partial charge >= 0.3 is 0 Å². The van der Waals surface area contributed by atoms with Crippen molar-refractivity contribution in [3.8, 4) is 0 Å². The van der Waals surface area contributed by atoms with Crippen LogP contribution in [-0.4, -0.2) is 42.7 Å². The Bertz CT molecular complexity index is 699. The zero-order chi connectivity index (χ0) is 17.1. The van der Waals surface area contributed by atoms with Crippen molar-refractivity contribution in [2.24, 2.45) is 5.92 Å². The molecule has 5 nitrogen and oxygen atoms in total. The van der Waals surface area contributed by atoms with Crippen molar-refractivity contribution in [3.63, 3.8) is 0 Å². The molecule has 1 N–H and O–H groups in total. The highest BCUT2D eigenvalue weighted by molar-refractivity contribution is 5.50. The van der Waals surface area contributed by atoms with Crippen molar-refractivity contribution >= 4 is 17.3 Å². The third-order valence-electron chi connectivity index (χ3n) is 5.13. The second-order valence-corrected chi connectivity index (χ2v) is 6.91. The van der Waals surface area contributed by atoms with Crippen molar-refractivity contribution in [2.45, 2.75) is 19.3 Å². The summed E-state index contributed by atoms with van der Waals surface area (Å²) in [6, 6.07) is 8.83. The largest absolute Gasteiger partial charge is 0.371 e. The van der Waals surface area contributed by atoms with Gasteiger partial charge in [0.25, 0.3) is 0 Å². The summed E-state index contributed by atoms with van der Waals surface area (Å²) in [5.74, 6) is 2.31. The lowest BCUT2D eigenvalue weighted by atomic mass is 10.1. The summed E-state index contributed by atoms with van der Waals surface area (Å²) >= 11 is 0. The van der Waals surface area contributed by atoms with Crippen LogP contribution < -0.4 is 15.1 Å². The van der Waals surface area contributed by atoms with E-state index in [1.807, 2.05) is 12.1 Å². The van der Waals surface area contributed by atoms with E-state index in [1.165, 1.54) is 25.0 Å². The second kappa shape index (κ2) is 7.25. The summed E-state index contributed by atoms with van der Waals surface area (Å²) in [6.45, 7) is 5.08. The number of rotatable bonds is 5. The summed E-state index contributed by atoms with van der Waals surface area (Å²) < 4.78 is 13.1. The van der Waals surface area contributed by atoms with E-state index in [-0.39, 0.29) is 5.82 Å². The fraction of sp³-hybridized carbons (Fsp3) is 0.474. The quantitative estimate of drug-likeness (QED) is 0.905. The summed E-state index contributed by atoms with van der Waals surface area (Å²) in [7, 11) is 0. The van der Waals surface area contributed by atoms with E-state index in [1.54, 1.807) is 6.33 Å². The van der Waals surface area contributed by atoms with Crippen LogP contribution >= 0.6 is 0 Å². The molecule has 0 radical (unpaired) electrons. The van der Waals surface area contributed by atoms with Gasteiger partial charge in [0.2, 0.25) is 0 Å². The van der Waals surface area contributed by atoms with Crippen LogP contribution in [0.1, 0.15) is 19.3 Å². The minimum atomic E-state index is -0.182. The smallest absolute Gasteiger partial charge is 0.134 e. The fourth-order valence-electron chi connectivity index (χ4n) is 3.70. The van der Waals surface area contributed by atoms with Gasteiger partial charge in [-0.25, -0.2) is 14.4 Å². The van der Waals surface area contributed by atoms with Gasteiger partial charge in [0, 0.05) is 44.5 Å². The molecule has 0 bridgehead atoms. The maximum atomic E-state index is 13.1. The van der Waals surface area contributed by atoms with Crippen molar-refractivity contribution in [2.75, 3.05) is 47.8 Å². The third kappa shape index (κ3) is 3.83. The molecule has 25 heavy (non-hydrogen) atoms. The van der Waals surface area contributed by atoms with Crippen LogP contribution in [0.25, 0.3) is 0 Å². The number of hydrogen-bond acceptors (Lipinski definition) is 5. The molecule has 2 fully saturated rings. The van der Waals surface area contributed by atoms with Gasteiger partial charge in [0.05, 0.1) is 0 Å². The Morgan fingerprint density at radius 3 is 2.64 bits per heavy atom. The minimum Gasteiger partial charge on any atom is -0.371 e. The van der Waals surface area contributed by atoms with Crippen molar-refractivity contribution in [1.29, 1.82) is 0 Å². The Balaban J connectivity index is 1.31. The topological polar surface area (TPSA) is 44.3 Å². The highest BCUT2D eigenvalue weighted by atomic mass is 19.1. The first-order chi connectivity index (χ1) is 12.3. The van der Waals surface area contributed by atoms with Gasteiger partial charge < -0.3 is 15.1 Å². The van der Waals surface area contributed by atoms with Gasteiger partial charge in [-0.2, -0.15) is 0 Å². The van der Waals surface area contributed by atoms with E-state index in [0.717, 1.165) is 56.5 Å². The summed E-state index contributed by atoms with van der Waals surface area (Å²) in [5.41, 5.74) is 1.10.